The van der Waals surface area contributed by atoms with Gasteiger partial charge in [0.25, 0.3) is 0 Å². The Balaban J connectivity index is 2.36. The van der Waals surface area contributed by atoms with Crippen LogP contribution in [0.15, 0.2) is 12.1 Å². The van der Waals surface area contributed by atoms with Gasteiger partial charge in [-0.05, 0) is 42.0 Å². The Morgan fingerprint density at radius 1 is 1.56 bits per heavy atom. The molecule has 2 unspecified atom stereocenters. The van der Waals surface area contributed by atoms with E-state index in [0.29, 0.717) is 15.9 Å². The summed E-state index contributed by atoms with van der Waals surface area (Å²) in [6.45, 7) is 5.56. The number of hydrogen-bond acceptors (Lipinski definition) is 3. The molecule has 0 spiro atoms. The average molecular weight is 364 g/mol. The van der Waals surface area contributed by atoms with Crippen molar-refractivity contribution < 1.29 is 9.13 Å². The maximum Gasteiger partial charge on any atom is 0.138 e. The fourth-order valence-electron chi connectivity index (χ4n) is 2.28. The average Bonchev–Trinajstić information content (AvgIpc) is 2.34. The van der Waals surface area contributed by atoms with Crippen LogP contribution in [-0.2, 0) is 4.74 Å². The Bertz CT molecular complexity index is 441. The second-order valence-corrected chi connectivity index (χ2v) is 5.85. The van der Waals surface area contributed by atoms with Crippen LogP contribution in [0.3, 0.4) is 0 Å². The lowest BCUT2D eigenvalue weighted by molar-refractivity contribution is 0.0300. The van der Waals surface area contributed by atoms with E-state index in [0.717, 1.165) is 18.7 Å². The van der Waals surface area contributed by atoms with E-state index in [1.54, 1.807) is 6.07 Å². The van der Waals surface area contributed by atoms with Gasteiger partial charge in [-0.1, -0.05) is 6.92 Å². The number of morpholine rings is 1. The Labute approximate surface area is 121 Å². The molecule has 0 bridgehead atoms. The summed E-state index contributed by atoms with van der Waals surface area (Å²) < 4.78 is 19.9. The SMILES string of the molecule is CCC1COC(C)CN1c1cc(F)c(I)cc1N. The van der Waals surface area contributed by atoms with E-state index >= 15 is 0 Å². The molecule has 1 heterocycles. The van der Waals surface area contributed by atoms with Gasteiger partial charge in [-0.2, -0.15) is 0 Å². The topological polar surface area (TPSA) is 38.5 Å². The molecule has 3 nitrogen and oxygen atoms in total. The molecule has 0 aromatic heterocycles. The Hall–Kier alpha value is -0.560. The molecule has 18 heavy (non-hydrogen) atoms. The standard InChI is InChI=1S/C13H18FIN2O/c1-3-9-7-18-8(2)6-17(9)13-4-10(14)11(15)5-12(13)16/h4-5,8-9H,3,6-7,16H2,1-2H3. The van der Waals surface area contributed by atoms with Gasteiger partial charge in [0.15, 0.2) is 0 Å². The fourth-order valence-corrected chi connectivity index (χ4v) is 2.77. The number of ether oxygens (including phenoxy) is 1. The van der Waals surface area contributed by atoms with Crippen LogP contribution in [0.4, 0.5) is 15.8 Å². The van der Waals surface area contributed by atoms with Gasteiger partial charge in [-0.3, -0.25) is 0 Å². The number of nitrogens with two attached hydrogens (primary N) is 1. The van der Waals surface area contributed by atoms with E-state index in [-0.39, 0.29) is 18.0 Å². The monoisotopic (exact) mass is 364 g/mol. The van der Waals surface area contributed by atoms with Crippen molar-refractivity contribution in [2.45, 2.75) is 32.4 Å². The minimum Gasteiger partial charge on any atom is -0.397 e. The highest BCUT2D eigenvalue weighted by Crippen LogP contribution is 2.31. The number of nitrogens with zero attached hydrogens (tertiary/aromatic N) is 1. The normalized spacial score (nSPS) is 24.3. The number of hydrogen-bond donors (Lipinski definition) is 1. The lowest BCUT2D eigenvalue weighted by Crippen LogP contribution is -2.49. The van der Waals surface area contributed by atoms with Gasteiger partial charge in [-0.25, -0.2) is 4.39 Å². The summed E-state index contributed by atoms with van der Waals surface area (Å²) in [6.07, 6.45) is 1.11. The number of halogens is 2. The lowest BCUT2D eigenvalue weighted by Gasteiger charge is -2.40. The zero-order chi connectivity index (χ0) is 13.3. The smallest absolute Gasteiger partial charge is 0.138 e. The molecule has 5 heteroatoms. The van der Waals surface area contributed by atoms with Crippen LogP contribution in [0.5, 0.6) is 0 Å². The zero-order valence-electron chi connectivity index (χ0n) is 10.6. The molecule has 100 valence electrons. The summed E-state index contributed by atoms with van der Waals surface area (Å²) in [5, 5.41) is 0. The molecular formula is C13H18FIN2O. The predicted octanol–water partition coefficient (Wildman–Crippen LogP) is 3.02. The third-order valence-corrected chi connectivity index (χ3v) is 4.14. The molecule has 1 aromatic rings. The number of nitrogen functional groups attached to an aromatic ring is 1. The highest BCUT2D eigenvalue weighted by Gasteiger charge is 2.27. The molecule has 1 aromatic carbocycles. The third kappa shape index (κ3) is 2.71. The van der Waals surface area contributed by atoms with Crippen molar-refractivity contribution in [3.63, 3.8) is 0 Å². The van der Waals surface area contributed by atoms with Crippen molar-refractivity contribution in [2.75, 3.05) is 23.8 Å². The van der Waals surface area contributed by atoms with Crippen molar-refractivity contribution >= 4 is 34.0 Å². The largest absolute Gasteiger partial charge is 0.397 e. The predicted molar refractivity (Wildman–Crippen MR) is 80.4 cm³/mol. The molecule has 2 atom stereocenters. The molecule has 2 rings (SSSR count). The Kier molecular flexibility index (Phi) is 4.32. The van der Waals surface area contributed by atoms with Crippen molar-refractivity contribution in [1.82, 2.24) is 0 Å². The Morgan fingerprint density at radius 3 is 2.94 bits per heavy atom. The Morgan fingerprint density at radius 2 is 2.28 bits per heavy atom. The molecule has 0 radical (unpaired) electrons. The maximum atomic E-state index is 13.7. The van der Waals surface area contributed by atoms with Crippen LogP contribution in [0.2, 0.25) is 0 Å². The number of benzene rings is 1. The first-order valence-electron chi connectivity index (χ1n) is 6.15. The molecule has 0 saturated carbocycles. The molecule has 2 N–H and O–H groups in total. The second kappa shape index (κ2) is 5.61. The summed E-state index contributed by atoms with van der Waals surface area (Å²) in [6, 6.07) is 3.50. The molecule has 1 aliphatic rings. The summed E-state index contributed by atoms with van der Waals surface area (Å²) >= 11 is 1.96. The molecule has 0 amide bonds. The van der Waals surface area contributed by atoms with Gasteiger partial charge in [0.05, 0.1) is 33.7 Å². The van der Waals surface area contributed by atoms with Crippen LogP contribution < -0.4 is 10.6 Å². The lowest BCUT2D eigenvalue weighted by atomic mass is 10.1. The van der Waals surface area contributed by atoms with Crippen LogP contribution in [0, 0.1) is 9.39 Å². The van der Waals surface area contributed by atoms with E-state index in [9.17, 15) is 4.39 Å². The molecule has 1 saturated heterocycles. The van der Waals surface area contributed by atoms with Crippen molar-refractivity contribution in [3.8, 4) is 0 Å². The molecule has 1 aliphatic heterocycles. The second-order valence-electron chi connectivity index (χ2n) is 4.68. The van der Waals surface area contributed by atoms with Crippen molar-refractivity contribution in [2.24, 2.45) is 0 Å². The fraction of sp³-hybridized carbons (Fsp3) is 0.538. The van der Waals surface area contributed by atoms with Crippen molar-refractivity contribution in [3.05, 3.63) is 21.5 Å². The van der Waals surface area contributed by atoms with Crippen LogP contribution in [0.1, 0.15) is 20.3 Å². The number of rotatable bonds is 2. The maximum absolute atomic E-state index is 13.7. The minimum absolute atomic E-state index is 0.148. The van der Waals surface area contributed by atoms with Crippen LogP contribution >= 0.6 is 22.6 Å². The quantitative estimate of drug-likeness (QED) is 0.648. The van der Waals surface area contributed by atoms with E-state index in [2.05, 4.69) is 11.8 Å². The molecule has 1 fully saturated rings. The highest BCUT2D eigenvalue weighted by atomic mass is 127. The van der Waals surface area contributed by atoms with E-state index < -0.39 is 0 Å². The summed E-state index contributed by atoms with van der Waals surface area (Å²) in [7, 11) is 0. The van der Waals surface area contributed by atoms with E-state index in [1.165, 1.54) is 6.07 Å². The third-order valence-electron chi connectivity index (χ3n) is 3.32. The van der Waals surface area contributed by atoms with Crippen LogP contribution in [-0.4, -0.2) is 25.3 Å². The van der Waals surface area contributed by atoms with Crippen LogP contribution in [0.25, 0.3) is 0 Å². The van der Waals surface area contributed by atoms with Crippen molar-refractivity contribution in [1.29, 1.82) is 0 Å². The van der Waals surface area contributed by atoms with Gasteiger partial charge in [-0.15, -0.1) is 0 Å². The molecule has 0 aliphatic carbocycles. The van der Waals surface area contributed by atoms with E-state index in [1.807, 2.05) is 29.5 Å². The highest BCUT2D eigenvalue weighted by molar-refractivity contribution is 14.1. The van der Waals surface area contributed by atoms with Gasteiger partial charge in [0, 0.05) is 12.6 Å². The summed E-state index contributed by atoms with van der Waals surface area (Å²) in [5.41, 5.74) is 7.45. The van der Waals surface area contributed by atoms with Gasteiger partial charge in [0.2, 0.25) is 0 Å². The summed E-state index contributed by atoms with van der Waals surface area (Å²) in [5.74, 6) is -0.214. The first-order valence-corrected chi connectivity index (χ1v) is 7.23. The first-order chi connectivity index (χ1) is 8.52. The molecular weight excluding hydrogens is 346 g/mol. The van der Waals surface area contributed by atoms with Gasteiger partial charge in [0.1, 0.15) is 5.82 Å². The minimum atomic E-state index is -0.214. The number of anilines is 2. The first kappa shape index (κ1) is 13.9. The van der Waals surface area contributed by atoms with Gasteiger partial charge >= 0.3 is 0 Å². The van der Waals surface area contributed by atoms with E-state index in [4.69, 9.17) is 10.5 Å². The van der Waals surface area contributed by atoms with Gasteiger partial charge < -0.3 is 15.4 Å². The summed E-state index contributed by atoms with van der Waals surface area (Å²) in [4.78, 5) is 2.17. The zero-order valence-corrected chi connectivity index (χ0v) is 12.8.